The molecule has 1 amide bonds. The highest BCUT2D eigenvalue weighted by molar-refractivity contribution is 5.82. The lowest BCUT2D eigenvalue weighted by Gasteiger charge is -2.28. The minimum Gasteiger partial charge on any atom is -0.481 e. The third-order valence-corrected chi connectivity index (χ3v) is 7.87. The van der Waals surface area contributed by atoms with Crippen LogP contribution in [0.4, 0.5) is 13.6 Å². The van der Waals surface area contributed by atoms with E-state index in [4.69, 9.17) is 9.72 Å². The van der Waals surface area contributed by atoms with Crippen LogP contribution in [0.1, 0.15) is 67.1 Å². The largest absolute Gasteiger partial charge is 0.481 e. The average molecular weight is 512 g/mol. The zero-order valence-corrected chi connectivity index (χ0v) is 21.0. The van der Waals surface area contributed by atoms with Gasteiger partial charge in [-0.1, -0.05) is 18.6 Å². The summed E-state index contributed by atoms with van der Waals surface area (Å²) >= 11 is 0. The zero-order valence-electron chi connectivity index (χ0n) is 21.0. The van der Waals surface area contributed by atoms with Crippen molar-refractivity contribution < 1.29 is 28.2 Å². The fourth-order valence-corrected chi connectivity index (χ4v) is 6.00. The lowest BCUT2D eigenvalue weighted by molar-refractivity contribution is -0.143. The number of fused-ring (bicyclic) bond motifs is 3. The van der Waals surface area contributed by atoms with Crippen molar-refractivity contribution in [2.45, 2.75) is 64.0 Å². The van der Waals surface area contributed by atoms with Gasteiger partial charge in [0.1, 0.15) is 5.82 Å². The monoisotopic (exact) mass is 511 g/mol. The Bertz CT molecular complexity index is 1350. The average Bonchev–Trinajstić information content (AvgIpc) is 3.30. The van der Waals surface area contributed by atoms with Gasteiger partial charge < -0.3 is 19.3 Å². The van der Waals surface area contributed by atoms with Crippen LogP contribution in [0.3, 0.4) is 0 Å². The number of carbonyl (C=O) groups excluding carboxylic acids is 1. The minimum absolute atomic E-state index is 0.0365. The van der Waals surface area contributed by atoms with Crippen LogP contribution < -0.4 is 0 Å². The van der Waals surface area contributed by atoms with Gasteiger partial charge in [-0.05, 0) is 68.4 Å². The van der Waals surface area contributed by atoms with E-state index in [0.717, 1.165) is 46.9 Å². The molecule has 1 aromatic heterocycles. The number of halogens is 2. The zero-order chi connectivity index (χ0) is 26.3. The Morgan fingerprint density at radius 1 is 1.19 bits per heavy atom. The maximum Gasteiger partial charge on any atom is 0.409 e. The minimum atomic E-state index is -0.881. The molecule has 0 saturated heterocycles. The van der Waals surface area contributed by atoms with Crippen LogP contribution in [0.5, 0.6) is 0 Å². The number of aromatic nitrogens is 2. The number of benzene rings is 2. The molecular weight excluding hydrogens is 480 g/mol. The van der Waals surface area contributed by atoms with E-state index < -0.39 is 23.5 Å². The molecule has 9 heteroatoms. The summed E-state index contributed by atoms with van der Waals surface area (Å²) in [5, 5.41) is 9.68. The Hall–Kier alpha value is -3.49. The van der Waals surface area contributed by atoms with Gasteiger partial charge in [0.15, 0.2) is 11.6 Å². The van der Waals surface area contributed by atoms with Crippen molar-refractivity contribution in [3.05, 3.63) is 64.5 Å². The number of hydrogen-bond donors (Lipinski definition) is 1. The van der Waals surface area contributed by atoms with Crippen molar-refractivity contribution >= 4 is 23.1 Å². The molecule has 2 heterocycles. The molecule has 3 aromatic rings. The number of rotatable bonds is 5. The predicted octanol–water partition coefficient (Wildman–Crippen LogP) is 5.60. The van der Waals surface area contributed by atoms with E-state index in [1.54, 1.807) is 11.0 Å². The van der Waals surface area contributed by atoms with Gasteiger partial charge >= 0.3 is 12.1 Å². The number of ether oxygens (including phenoxy) is 1. The second-order valence-electron chi connectivity index (χ2n) is 10.3. The van der Waals surface area contributed by atoms with E-state index in [-0.39, 0.29) is 18.1 Å². The van der Waals surface area contributed by atoms with Crippen LogP contribution in [-0.4, -0.2) is 45.3 Å². The van der Waals surface area contributed by atoms with Crippen molar-refractivity contribution in [2.75, 3.05) is 13.7 Å². The Balaban J connectivity index is 1.60. The number of carboxylic acid groups (broad SMARTS) is 1. The predicted molar refractivity (Wildman–Crippen MR) is 133 cm³/mol. The van der Waals surface area contributed by atoms with Crippen molar-refractivity contribution in [3.63, 3.8) is 0 Å². The van der Waals surface area contributed by atoms with Gasteiger partial charge in [-0.15, -0.1) is 0 Å². The molecule has 1 N–H and O–H groups in total. The molecule has 1 fully saturated rings. The van der Waals surface area contributed by atoms with E-state index in [2.05, 4.69) is 10.6 Å². The number of aliphatic carboxylic acids is 1. The smallest absolute Gasteiger partial charge is 0.409 e. The number of hydrogen-bond acceptors (Lipinski definition) is 4. The number of methoxy groups -OCH3 is 1. The standard InChI is InChI=1S/C28H31F2N3O4/c1-16(12-17-6-8-22(29)23(30)13-17)33-24-9-7-18-10-11-32(28(36)37-2)15-21(18)25(24)31-26(33)19-4-3-5-20(14-19)27(34)35/h6-9,13,16,19-20H,3-5,10-12,14-15H2,1-2H3,(H,34,35)/t16-,19-,20-/m1/s1. The molecule has 0 bridgehead atoms. The second kappa shape index (κ2) is 10.1. The molecular formula is C28H31F2N3O4. The third-order valence-electron chi connectivity index (χ3n) is 7.87. The van der Waals surface area contributed by atoms with Crippen LogP contribution in [0, 0.1) is 17.6 Å². The Kier molecular flexibility index (Phi) is 6.88. The van der Waals surface area contributed by atoms with E-state index in [1.807, 2.05) is 13.0 Å². The summed E-state index contributed by atoms with van der Waals surface area (Å²) in [4.78, 5) is 30.8. The summed E-state index contributed by atoms with van der Waals surface area (Å²) in [6, 6.07) is 7.92. The van der Waals surface area contributed by atoms with Gasteiger partial charge in [0, 0.05) is 24.1 Å². The van der Waals surface area contributed by atoms with Crippen LogP contribution in [0.2, 0.25) is 0 Å². The molecule has 7 nitrogen and oxygen atoms in total. The van der Waals surface area contributed by atoms with Gasteiger partial charge in [-0.3, -0.25) is 4.79 Å². The van der Waals surface area contributed by atoms with Gasteiger partial charge in [0.05, 0.1) is 30.6 Å². The maximum atomic E-state index is 13.9. The van der Waals surface area contributed by atoms with Crippen LogP contribution >= 0.6 is 0 Å². The van der Waals surface area contributed by atoms with E-state index in [1.165, 1.54) is 13.2 Å². The van der Waals surface area contributed by atoms with E-state index >= 15 is 0 Å². The van der Waals surface area contributed by atoms with E-state index in [9.17, 15) is 23.5 Å². The topological polar surface area (TPSA) is 84.7 Å². The summed E-state index contributed by atoms with van der Waals surface area (Å²) in [5.41, 5.74) is 4.47. The fourth-order valence-electron chi connectivity index (χ4n) is 6.00. The molecule has 2 aliphatic rings. The molecule has 37 heavy (non-hydrogen) atoms. The molecule has 1 saturated carbocycles. The van der Waals surface area contributed by atoms with Crippen molar-refractivity contribution in [3.8, 4) is 0 Å². The molecule has 1 aliphatic carbocycles. The molecule has 5 rings (SSSR count). The van der Waals surface area contributed by atoms with Crippen molar-refractivity contribution in [2.24, 2.45) is 5.92 Å². The highest BCUT2D eigenvalue weighted by Crippen LogP contribution is 2.40. The van der Waals surface area contributed by atoms with Crippen molar-refractivity contribution in [1.82, 2.24) is 14.5 Å². The highest BCUT2D eigenvalue weighted by atomic mass is 19.2. The van der Waals surface area contributed by atoms with Crippen molar-refractivity contribution in [1.29, 1.82) is 0 Å². The van der Waals surface area contributed by atoms with Crippen LogP contribution in [0.15, 0.2) is 30.3 Å². The lowest BCUT2D eigenvalue weighted by Crippen LogP contribution is -2.35. The highest BCUT2D eigenvalue weighted by Gasteiger charge is 2.33. The Labute approximate surface area is 214 Å². The van der Waals surface area contributed by atoms with Crippen LogP contribution in [-0.2, 0) is 28.9 Å². The number of imidazole rings is 1. The van der Waals surface area contributed by atoms with E-state index in [0.29, 0.717) is 44.3 Å². The van der Waals surface area contributed by atoms with Gasteiger partial charge in [-0.25, -0.2) is 18.6 Å². The molecule has 0 radical (unpaired) electrons. The molecule has 1 aliphatic heterocycles. The normalized spacial score (nSPS) is 20.5. The summed E-state index contributed by atoms with van der Waals surface area (Å²) in [7, 11) is 1.37. The molecule has 2 aromatic carbocycles. The Morgan fingerprint density at radius 3 is 2.73 bits per heavy atom. The molecule has 3 atom stereocenters. The SMILES string of the molecule is COC(=O)N1CCc2ccc3c(nc([C@@H]4CCC[C@@H](C(=O)O)C4)n3[C@H](C)Cc3ccc(F)c(F)c3)c2C1. The third kappa shape index (κ3) is 4.79. The summed E-state index contributed by atoms with van der Waals surface area (Å²) < 4.78 is 34.6. The first-order valence-corrected chi connectivity index (χ1v) is 12.8. The van der Waals surface area contributed by atoms with Gasteiger partial charge in [-0.2, -0.15) is 0 Å². The first-order valence-electron chi connectivity index (χ1n) is 12.8. The number of nitrogens with zero attached hydrogens (tertiary/aromatic N) is 3. The molecule has 196 valence electrons. The van der Waals surface area contributed by atoms with Gasteiger partial charge in [0.2, 0.25) is 0 Å². The fraction of sp³-hybridized carbons (Fsp3) is 0.464. The Morgan fingerprint density at radius 2 is 2.00 bits per heavy atom. The maximum absolute atomic E-state index is 13.9. The molecule has 0 spiro atoms. The quantitative estimate of drug-likeness (QED) is 0.482. The second-order valence-corrected chi connectivity index (χ2v) is 10.3. The first-order chi connectivity index (χ1) is 17.8. The van der Waals surface area contributed by atoms with Crippen LogP contribution in [0.25, 0.3) is 11.0 Å². The summed E-state index contributed by atoms with van der Waals surface area (Å²) in [6.45, 7) is 2.97. The lowest BCUT2D eigenvalue weighted by atomic mass is 9.81. The molecule has 0 unspecified atom stereocenters. The number of amides is 1. The number of carboxylic acids is 1. The summed E-state index contributed by atoms with van der Waals surface area (Å²) in [6.07, 6.45) is 3.56. The first kappa shape index (κ1) is 25.2. The van der Waals surface area contributed by atoms with Gasteiger partial charge in [0.25, 0.3) is 0 Å². The summed E-state index contributed by atoms with van der Waals surface area (Å²) in [5.74, 6) is -2.18. The number of carbonyl (C=O) groups is 2.